The van der Waals surface area contributed by atoms with E-state index >= 15 is 0 Å². The predicted molar refractivity (Wildman–Crippen MR) is 71.2 cm³/mol. The van der Waals surface area contributed by atoms with Crippen LogP contribution in [0.1, 0.15) is 24.9 Å². The van der Waals surface area contributed by atoms with E-state index in [4.69, 9.17) is 28.1 Å². The molecule has 0 fully saturated rings. The minimum absolute atomic E-state index is 0.206. The van der Waals surface area contributed by atoms with Crippen LogP contribution < -0.4 is 11.6 Å². The Morgan fingerprint density at radius 3 is 2.82 bits per heavy atom. The van der Waals surface area contributed by atoms with Crippen molar-refractivity contribution in [2.75, 3.05) is 0 Å². The third-order valence-electron chi connectivity index (χ3n) is 2.26. The van der Waals surface area contributed by atoms with Gasteiger partial charge in [-0.1, -0.05) is 35.9 Å². The van der Waals surface area contributed by atoms with Crippen LogP contribution in [0.15, 0.2) is 48.3 Å². The van der Waals surface area contributed by atoms with Gasteiger partial charge in [-0.05, 0) is 30.7 Å². The first-order valence-corrected chi connectivity index (χ1v) is 5.64. The van der Waals surface area contributed by atoms with Gasteiger partial charge in [0, 0.05) is 17.5 Å². The summed E-state index contributed by atoms with van der Waals surface area (Å²) in [4.78, 5) is 4.77. The molecule has 4 N–H and O–H groups in total. The first-order chi connectivity index (χ1) is 8.02. The minimum atomic E-state index is -0.206. The summed E-state index contributed by atoms with van der Waals surface area (Å²) >= 11 is 5.90. The average Bonchev–Trinajstić information content (AvgIpc) is 2.27. The molecule has 1 atom stereocenters. The summed E-state index contributed by atoms with van der Waals surface area (Å²) < 4.78 is 0. The van der Waals surface area contributed by atoms with Gasteiger partial charge in [-0.25, -0.2) is 0 Å². The van der Waals surface area contributed by atoms with Gasteiger partial charge in [0.15, 0.2) is 0 Å². The van der Waals surface area contributed by atoms with Crippen LogP contribution >= 0.6 is 11.6 Å². The summed E-state index contributed by atoms with van der Waals surface area (Å²) in [6.45, 7) is 5.63. The maximum Gasteiger partial charge on any atom is 0.126 e. The highest BCUT2D eigenvalue weighted by molar-refractivity contribution is 6.30. The van der Waals surface area contributed by atoms with Crippen molar-refractivity contribution in [1.82, 2.24) is 0 Å². The van der Waals surface area contributed by atoms with Crippen molar-refractivity contribution in [3.63, 3.8) is 0 Å². The van der Waals surface area contributed by atoms with Crippen LogP contribution in [0.2, 0.25) is 5.02 Å². The topological polar surface area (TPSA) is 61.3 Å². The number of rotatable bonds is 5. The van der Waals surface area contributed by atoms with E-state index in [0.717, 1.165) is 11.1 Å². The number of benzene rings is 1. The van der Waals surface area contributed by atoms with Crippen LogP contribution in [0, 0.1) is 0 Å². The molecule has 0 aliphatic carbocycles. The second-order valence-electron chi connectivity index (χ2n) is 3.94. The van der Waals surface area contributed by atoms with Crippen LogP contribution in [0.25, 0.3) is 0 Å². The van der Waals surface area contributed by atoms with Crippen LogP contribution in [0.4, 0.5) is 0 Å². The first-order valence-electron chi connectivity index (χ1n) is 5.26. The van der Waals surface area contributed by atoms with E-state index in [1.807, 2.05) is 31.2 Å². The van der Waals surface area contributed by atoms with E-state index < -0.39 is 0 Å². The van der Waals surface area contributed by atoms with Crippen molar-refractivity contribution < 1.29 is 4.84 Å². The van der Waals surface area contributed by atoms with Gasteiger partial charge in [-0.2, -0.15) is 5.90 Å². The van der Waals surface area contributed by atoms with E-state index in [1.165, 1.54) is 0 Å². The van der Waals surface area contributed by atoms with Crippen LogP contribution in [-0.2, 0) is 4.84 Å². The lowest BCUT2D eigenvalue weighted by Crippen LogP contribution is -2.13. The molecule has 0 radical (unpaired) electrons. The molecule has 0 bridgehead atoms. The van der Waals surface area contributed by atoms with E-state index in [-0.39, 0.29) is 6.04 Å². The molecule has 1 aromatic carbocycles. The van der Waals surface area contributed by atoms with Gasteiger partial charge in [0.05, 0.1) is 0 Å². The minimum Gasteiger partial charge on any atom is -0.416 e. The molecule has 0 heterocycles. The molecule has 4 heteroatoms. The number of halogens is 1. The maximum atomic E-state index is 6.05. The van der Waals surface area contributed by atoms with Crippen molar-refractivity contribution in [1.29, 1.82) is 0 Å². The average molecular weight is 253 g/mol. The smallest absolute Gasteiger partial charge is 0.126 e. The Bertz CT molecular complexity index is 429. The fraction of sp³-hybridized carbons (Fsp3) is 0.231. The number of hydrogen-bond acceptors (Lipinski definition) is 3. The van der Waals surface area contributed by atoms with Crippen molar-refractivity contribution in [3.05, 3.63) is 58.8 Å². The molecule has 17 heavy (non-hydrogen) atoms. The van der Waals surface area contributed by atoms with E-state index in [0.29, 0.717) is 17.2 Å². The molecule has 1 rings (SSSR count). The van der Waals surface area contributed by atoms with Gasteiger partial charge in [0.1, 0.15) is 5.76 Å². The standard InChI is InChI=1S/C13H17ClN2O/c1-9(2)6-12(17-16)8-13(15)10-4-3-5-11(14)7-10/h3-7,13H,1,8,15-16H2,2H3/b12-6-. The lowest BCUT2D eigenvalue weighted by atomic mass is 10.0. The normalized spacial score (nSPS) is 13.3. The van der Waals surface area contributed by atoms with Gasteiger partial charge in [-0.3, -0.25) is 0 Å². The van der Waals surface area contributed by atoms with Gasteiger partial charge in [0.2, 0.25) is 0 Å². The Kier molecular flexibility index (Phi) is 5.22. The third-order valence-corrected chi connectivity index (χ3v) is 2.49. The number of nitrogens with two attached hydrogens (primary N) is 2. The highest BCUT2D eigenvalue weighted by Gasteiger charge is 2.10. The third kappa shape index (κ3) is 4.61. The monoisotopic (exact) mass is 252 g/mol. The molecule has 0 amide bonds. The number of hydrogen-bond donors (Lipinski definition) is 2. The van der Waals surface area contributed by atoms with E-state index in [1.54, 1.807) is 6.08 Å². The zero-order valence-corrected chi connectivity index (χ0v) is 10.6. The Balaban J connectivity index is 2.77. The zero-order chi connectivity index (χ0) is 12.8. The fourth-order valence-corrected chi connectivity index (χ4v) is 1.69. The molecule has 0 aliphatic rings. The summed E-state index contributed by atoms with van der Waals surface area (Å²) in [5.74, 6) is 5.79. The Morgan fingerprint density at radius 1 is 1.59 bits per heavy atom. The quantitative estimate of drug-likeness (QED) is 0.481. The Hall–Kier alpha value is -1.29. The number of allylic oxidation sites excluding steroid dienone is 2. The van der Waals surface area contributed by atoms with Gasteiger partial charge >= 0.3 is 0 Å². The zero-order valence-electron chi connectivity index (χ0n) is 9.82. The molecule has 0 spiro atoms. The molecular formula is C13H17ClN2O. The Morgan fingerprint density at radius 2 is 2.29 bits per heavy atom. The van der Waals surface area contributed by atoms with Crippen LogP contribution in [0.3, 0.4) is 0 Å². The van der Waals surface area contributed by atoms with Crippen LogP contribution in [0.5, 0.6) is 0 Å². The molecule has 92 valence electrons. The van der Waals surface area contributed by atoms with E-state index in [2.05, 4.69) is 6.58 Å². The fourth-order valence-electron chi connectivity index (χ4n) is 1.49. The predicted octanol–water partition coefficient (Wildman–Crippen LogP) is 3.08. The summed E-state index contributed by atoms with van der Waals surface area (Å²) in [5.41, 5.74) is 7.86. The summed E-state index contributed by atoms with van der Waals surface area (Å²) in [6, 6.07) is 7.22. The summed E-state index contributed by atoms with van der Waals surface area (Å²) in [5, 5.41) is 0.664. The van der Waals surface area contributed by atoms with Crippen molar-refractivity contribution in [2.45, 2.75) is 19.4 Å². The first kappa shape index (κ1) is 13.8. The largest absolute Gasteiger partial charge is 0.416 e. The van der Waals surface area contributed by atoms with Gasteiger partial charge < -0.3 is 10.6 Å². The molecule has 1 unspecified atom stereocenters. The van der Waals surface area contributed by atoms with Crippen LogP contribution in [-0.4, -0.2) is 0 Å². The summed E-state index contributed by atoms with van der Waals surface area (Å²) in [6.07, 6.45) is 2.27. The molecule has 0 saturated carbocycles. The second-order valence-corrected chi connectivity index (χ2v) is 4.38. The van der Waals surface area contributed by atoms with Gasteiger partial charge in [0.25, 0.3) is 0 Å². The molecule has 0 saturated heterocycles. The molecule has 0 aliphatic heterocycles. The lowest BCUT2D eigenvalue weighted by molar-refractivity contribution is 0.205. The highest BCUT2D eigenvalue weighted by atomic mass is 35.5. The Labute approximate surface area is 107 Å². The molecule has 3 nitrogen and oxygen atoms in total. The van der Waals surface area contributed by atoms with E-state index in [9.17, 15) is 0 Å². The second kappa shape index (κ2) is 6.45. The molecule has 0 aromatic heterocycles. The molecular weight excluding hydrogens is 236 g/mol. The van der Waals surface area contributed by atoms with Gasteiger partial charge in [-0.15, -0.1) is 0 Å². The maximum absolute atomic E-state index is 6.05. The SMILES string of the molecule is C=C(C)/C=C(/CC(N)c1cccc(Cl)c1)ON. The lowest BCUT2D eigenvalue weighted by Gasteiger charge is -2.13. The van der Waals surface area contributed by atoms with Crippen molar-refractivity contribution in [3.8, 4) is 0 Å². The molecule has 1 aromatic rings. The van der Waals surface area contributed by atoms with Crippen molar-refractivity contribution >= 4 is 11.6 Å². The van der Waals surface area contributed by atoms with Crippen molar-refractivity contribution in [2.24, 2.45) is 11.6 Å². The summed E-state index contributed by atoms with van der Waals surface area (Å²) in [7, 11) is 0. The highest BCUT2D eigenvalue weighted by Crippen LogP contribution is 2.22.